The maximum absolute atomic E-state index is 13.0. The zero-order valence-electron chi connectivity index (χ0n) is 21.1. The maximum Gasteiger partial charge on any atom is 0.162 e. The molecule has 2 radical (unpaired) electrons. The quantitative estimate of drug-likeness (QED) is 0.193. The normalized spacial score (nSPS) is 12.1. The van der Waals surface area contributed by atoms with Crippen molar-refractivity contribution >= 4 is 41.3 Å². The number of Topliss-reactive ketones (excluding diaryl/α,β-unsaturated/α-hetero) is 1. The minimum Gasteiger partial charge on any atom is -0.366 e. The molecule has 6 nitrogen and oxygen atoms in total. The summed E-state index contributed by atoms with van der Waals surface area (Å²) >= 11 is 0. The van der Waals surface area contributed by atoms with Crippen molar-refractivity contribution in [1.82, 2.24) is 19.6 Å². The zero-order chi connectivity index (χ0) is 25.6. The van der Waals surface area contributed by atoms with Crippen LogP contribution in [0.4, 0.5) is 5.82 Å². The largest absolute Gasteiger partial charge is 0.366 e. The highest BCUT2D eigenvalue weighted by molar-refractivity contribution is 6.36. The molecule has 0 saturated carbocycles. The number of pyridine rings is 1. The molecule has 0 bridgehead atoms. The number of hydrogen-bond acceptors (Lipinski definition) is 5. The van der Waals surface area contributed by atoms with Crippen LogP contribution in [0.1, 0.15) is 66.6 Å². The first kappa shape index (κ1) is 24.7. The molecule has 1 unspecified atom stereocenters. The van der Waals surface area contributed by atoms with Gasteiger partial charge >= 0.3 is 0 Å². The van der Waals surface area contributed by atoms with Crippen molar-refractivity contribution in [2.75, 3.05) is 5.32 Å². The molecule has 0 fully saturated rings. The molecule has 5 rings (SSSR count). The highest BCUT2D eigenvalue weighted by Gasteiger charge is 2.18. The Morgan fingerprint density at radius 2 is 1.89 bits per heavy atom. The fourth-order valence-corrected chi connectivity index (χ4v) is 4.83. The number of nitrogens with one attached hydrogen (secondary N) is 1. The number of hydrogen-bond donors (Lipinski definition) is 1. The number of rotatable bonds is 11. The summed E-state index contributed by atoms with van der Waals surface area (Å²) in [5.41, 5.74) is 4.03. The van der Waals surface area contributed by atoms with Crippen molar-refractivity contribution in [2.45, 2.75) is 51.5 Å². The van der Waals surface area contributed by atoms with E-state index in [1.165, 1.54) is 0 Å². The highest BCUT2D eigenvalue weighted by atomic mass is 16.1. The number of carbonyl (C=O) groups is 1. The van der Waals surface area contributed by atoms with Crippen LogP contribution in [0.5, 0.6) is 0 Å². The van der Waals surface area contributed by atoms with Gasteiger partial charge in [0, 0.05) is 54.8 Å². The molecule has 1 atom stereocenters. The third-order valence-electron chi connectivity index (χ3n) is 6.80. The molecule has 0 aliphatic rings. The second-order valence-corrected chi connectivity index (χ2v) is 9.48. The summed E-state index contributed by atoms with van der Waals surface area (Å²) in [6, 6.07) is 20.1. The van der Waals surface area contributed by atoms with Crippen molar-refractivity contribution in [3.05, 3.63) is 96.1 Å². The number of nitrogens with zero attached hydrogens (tertiary/aromatic N) is 4. The van der Waals surface area contributed by atoms with Crippen LogP contribution in [0.3, 0.4) is 0 Å². The van der Waals surface area contributed by atoms with Crippen molar-refractivity contribution in [1.29, 1.82) is 0 Å². The van der Waals surface area contributed by atoms with Gasteiger partial charge < -0.3 is 5.32 Å². The predicted molar refractivity (Wildman–Crippen MR) is 150 cm³/mol. The number of anilines is 1. The van der Waals surface area contributed by atoms with Gasteiger partial charge in [-0.1, -0.05) is 55.8 Å². The van der Waals surface area contributed by atoms with Crippen LogP contribution >= 0.6 is 0 Å². The lowest BCUT2D eigenvalue weighted by atomic mass is 9.91. The maximum atomic E-state index is 13.0. The number of fused-ring (bicyclic) bond motifs is 2. The molecule has 0 aliphatic carbocycles. The molecule has 2 aromatic carbocycles. The lowest BCUT2D eigenvalue weighted by molar-refractivity contribution is 0.0978. The first-order chi connectivity index (χ1) is 18.1. The van der Waals surface area contributed by atoms with Gasteiger partial charge in [0.25, 0.3) is 0 Å². The average molecular weight is 487 g/mol. The Bertz CT molecular complexity index is 1520. The SMILES string of the molecule is [B]c1cnn2c(NCc3cccnc3)cc(C(CCC)CCCC(=O)c3ccc4ccccc4c3)nc12. The van der Waals surface area contributed by atoms with E-state index < -0.39 is 0 Å². The fourth-order valence-electron chi connectivity index (χ4n) is 4.83. The molecule has 3 heterocycles. The summed E-state index contributed by atoms with van der Waals surface area (Å²) < 4.78 is 1.75. The van der Waals surface area contributed by atoms with Gasteiger partial charge in [-0.15, -0.1) is 0 Å². The Labute approximate surface area is 218 Å². The molecule has 3 aromatic heterocycles. The first-order valence-electron chi connectivity index (χ1n) is 12.9. The van der Waals surface area contributed by atoms with E-state index in [2.05, 4.69) is 34.5 Å². The number of benzene rings is 2. The lowest BCUT2D eigenvalue weighted by Crippen LogP contribution is -2.13. The van der Waals surface area contributed by atoms with Crippen molar-refractivity contribution in [2.24, 2.45) is 0 Å². The molecule has 184 valence electrons. The molecule has 0 spiro atoms. The number of ketones is 1. The Kier molecular flexibility index (Phi) is 7.59. The summed E-state index contributed by atoms with van der Waals surface area (Å²) in [5.74, 6) is 1.25. The molecule has 0 aliphatic heterocycles. The van der Waals surface area contributed by atoms with Crippen molar-refractivity contribution in [3.8, 4) is 0 Å². The van der Waals surface area contributed by atoms with Crippen LogP contribution in [-0.2, 0) is 6.54 Å². The molecule has 7 heteroatoms. The lowest BCUT2D eigenvalue weighted by Gasteiger charge is -2.18. The first-order valence-corrected chi connectivity index (χ1v) is 12.9. The molecule has 37 heavy (non-hydrogen) atoms. The summed E-state index contributed by atoms with van der Waals surface area (Å²) in [6.07, 6.45) is 9.46. The van der Waals surface area contributed by atoms with Crippen LogP contribution in [0.15, 0.2) is 79.3 Å². The summed E-state index contributed by atoms with van der Waals surface area (Å²) in [4.78, 5) is 22.1. The van der Waals surface area contributed by atoms with E-state index in [1.807, 2.05) is 54.7 Å². The van der Waals surface area contributed by atoms with Crippen LogP contribution < -0.4 is 10.8 Å². The smallest absolute Gasteiger partial charge is 0.162 e. The van der Waals surface area contributed by atoms with Gasteiger partial charge in [-0.2, -0.15) is 9.61 Å². The third kappa shape index (κ3) is 5.72. The standard InChI is InChI=1S/C30H30BN5O/c1-2-7-23(11-5-12-28(37)25-14-13-22-9-3-4-10-24(22)16-25)27-17-29(33-19-21-8-6-15-32-18-21)36-30(35-27)26(31)20-34-36/h3-4,6,8-10,13-18,20,23,33H,2,5,7,11-12,19H2,1H3. The molecule has 1 N–H and O–H groups in total. The van der Waals surface area contributed by atoms with Gasteiger partial charge in [-0.05, 0) is 53.2 Å². The molecule has 5 aromatic rings. The van der Waals surface area contributed by atoms with Gasteiger partial charge in [-0.25, -0.2) is 4.98 Å². The summed E-state index contributed by atoms with van der Waals surface area (Å²) in [6.45, 7) is 2.80. The number of aromatic nitrogens is 4. The van der Waals surface area contributed by atoms with E-state index in [9.17, 15) is 4.79 Å². The number of carbonyl (C=O) groups excluding carboxylic acids is 1. The Hall–Kier alpha value is -4.00. The molecular weight excluding hydrogens is 457 g/mol. The van der Waals surface area contributed by atoms with Gasteiger partial charge in [0.1, 0.15) is 19.3 Å². The van der Waals surface area contributed by atoms with Crippen LogP contribution in [0, 0.1) is 0 Å². The van der Waals surface area contributed by atoms with Gasteiger partial charge in [0.15, 0.2) is 5.78 Å². The molecule has 0 saturated heterocycles. The molecular formula is C30H30BN5O. The van der Waals surface area contributed by atoms with E-state index in [0.29, 0.717) is 24.1 Å². The minimum absolute atomic E-state index is 0.184. The van der Waals surface area contributed by atoms with Gasteiger partial charge in [-0.3, -0.25) is 9.78 Å². The van der Waals surface area contributed by atoms with E-state index in [1.54, 1.807) is 16.9 Å². The highest BCUT2D eigenvalue weighted by Crippen LogP contribution is 2.29. The van der Waals surface area contributed by atoms with E-state index >= 15 is 0 Å². The van der Waals surface area contributed by atoms with Crippen LogP contribution in [-0.4, -0.2) is 33.2 Å². The zero-order valence-corrected chi connectivity index (χ0v) is 21.1. The topological polar surface area (TPSA) is 72.2 Å². The third-order valence-corrected chi connectivity index (χ3v) is 6.80. The van der Waals surface area contributed by atoms with Crippen LogP contribution in [0.2, 0.25) is 0 Å². The van der Waals surface area contributed by atoms with E-state index in [4.69, 9.17) is 12.8 Å². The Morgan fingerprint density at radius 1 is 1.03 bits per heavy atom. The summed E-state index contributed by atoms with van der Waals surface area (Å²) in [7, 11) is 6.21. The second kappa shape index (κ2) is 11.4. The Balaban J connectivity index is 1.31. The fraction of sp³-hybridized carbons (Fsp3) is 0.267. The monoisotopic (exact) mass is 487 g/mol. The second-order valence-electron chi connectivity index (χ2n) is 9.48. The molecule has 0 amide bonds. The van der Waals surface area contributed by atoms with Crippen molar-refractivity contribution < 1.29 is 4.79 Å². The van der Waals surface area contributed by atoms with Gasteiger partial charge in [0.2, 0.25) is 0 Å². The average Bonchev–Trinajstić information content (AvgIpc) is 3.32. The van der Waals surface area contributed by atoms with Crippen molar-refractivity contribution in [3.63, 3.8) is 0 Å². The van der Waals surface area contributed by atoms with E-state index in [-0.39, 0.29) is 11.7 Å². The predicted octanol–water partition coefficient (Wildman–Crippen LogP) is 5.62. The van der Waals surface area contributed by atoms with E-state index in [0.717, 1.165) is 59.1 Å². The Morgan fingerprint density at radius 3 is 2.70 bits per heavy atom. The minimum atomic E-state index is 0.184. The summed E-state index contributed by atoms with van der Waals surface area (Å²) in [5, 5.41) is 10.1. The van der Waals surface area contributed by atoms with Crippen LogP contribution in [0.25, 0.3) is 16.4 Å². The van der Waals surface area contributed by atoms with Gasteiger partial charge in [0.05, 0.1) is 0 Å².